The number of thiazole rings is 1. The van der Waals surface area contributed by atoms with Crippen LogP contribution in [-0.4, -0.2) is 41.2 Å². The summed E-state index contributed by atoms with van der Waals surface area (Å²) >= 11 is 12.9. The molecular formula is C21H17Cl2FN4O3S. The summed E-state index contributed by atoms with van der Waals surface area (Å²) in [7, 11) is 1.49. The average Bonchev–Trinajstić information content (AvgIpc) is 3.17. The first kappa shape index (κ1) is 23.6. The van der Waals surface area contributed by atoms with Crippen molar-refractivity contribution >= 4 is 63.1 Å². The number of likely N-dealkylation sites (N-methyl/N-ethyl adjacent to an activating group) is 1. The van der Waals surface area contributed by atoms with Gasteiger partial charge in [-0.2, -0.15) is 0 Å². The van der Waals surface area contributed by atoms with Crippen molar-refractivity contribution in [2.75, 3.05) is 24.2 Å². The minimum Gasteiger partial charge on any atom is -0.336 e. The summed E-state index contributed by atoms with van der Waals surface area (Å²) in [5, 5.41) is 7.66. The lowest BCUT2D eigenvalue weighted by atomic mass is 10.2. The van der Waals surface area contributed by atoms with Crippen molar-refractivity contribution in [1.29, 1.82) is 0 Å². The average molecular weight is 495 g/mol. The van der Waals surface area contributed by atoms with Crippen LogP contribution in [-0.2, 0) is 16.0 Å². The molecule has 32 heavy (non-hydrogen) atoms. The summed E-state index contributed by atoms with van der Waals surface area (Å²) in [6.45, 7) is -0.180. The molecule has 3 amide bonds. The van der Waals surface area contributed by atoms with Gasteiger partial charge in [0.15, 0.2) is 5.13 Å². The van der Waals surface area contributed by atoms with Gasteiger partial charge >= 0.3 is 0 Å². The van der Waals surface area contributed by atoms with E-state index < -0.39 is 17.6 Å². The molecule has 0 spiro atoms. The van der Waals surface area contributed by atoms with E-state index in [4.69, 9.17) is 23.2 Å². The monoisotopic (exact) mass is 494 g/mol. The van der Waals surface area contributed by atoms with Gasteiger partial charge in [-0.15, -0.1) is 11.3 Å². The lowest BCUT2D eigenvalue weighted by Gasteiger charge is -2.16. The maximum Gasteiger partial charge on any atom is 0.260 e. The van der Waals surface area contributed by atoms with Gasteiger partial charge < -0.3 is 10.2 Å². The highest BCUT2D eigenvalue weighted by atomic mass is 35.5. The van der Waals surface area contributed by atoms with E-state index in [1.54, 1.807) is 23.6 Å². The number of carbonyl (C=O) groups is 3. The van der Waals surface area contributed by atoms with Crippen LogP contribution in [0.15, 0.2) is 47.8 Å². The number of halogens is 3. The fourth-order valence-corrected chi connectivity index (χ4v) is 3.63. The normalized spacial score (nSPS) is 10.5. The third-order valence-corrected chi connectivity index (χ3v) is 5.78. The molecule has 11 heteroatoms. The quantitative estimate of drug-likeness (QED) is 0.506. The van der Waals surface area contributed by atoms with Gasteiger partial charge in [-0.05, 0) is 30.3 Å². The summed E-state index contributed by atoms with van der Waals surface area (Å²) < 4.78 is 13.7. The third kappa shape index (κ3) is 6.25. The van der Waals surface area contributed by atoms with Gasteiger partial charge in [0, 0.05) is 18.1 Å². The van der Waals surface area contributed by atoms with Crippen molar-refractivity contribution in [2.45, 2.75) is 6.42 Å². The molecule has 0 radical (unpaired) electrons. The Bertz CT molecular complexity index is 1170. The number of anilines is 2. The summed E-state index contributed by atoms with van der Waals surface area (Å²) in [6, 6.07) is 10.3. The molecule has 2 N–H and O–H groups in total. The van der Waals surface area contributed by atoms with Crippen molar-refractivity contribution in [2.24, 2.45) is 0 Å². The van der Waals surface area contributed by atoms with E-state index in [-0.39, 0.29) is 29.6 Å². The number of amides is 3. The highest BCUT2D eigenvalue weighted by Gasteiger charge is 2.17. The molecule has 0 atom stereocenters. The molecule has 0 unspecified atom stereocenters. The number of benzene rings is 2. The summed E-state index contributed by atoms with van der Waals surface area (Å²) in [6.07, 6.45) is -0.0668. The number of hydrogen-bond donors (Lipinski definition) is 2. The Morgan fingerprint density at radius 2 is 1.84 bits per heavy atom. The summed E-state index contributed by atoms with van der Waals surface area (Å²) in [5.74, 6) is -2.02. The molecular weight excluding hydrogens is 478 g/mol. The first-order valence-electron chi connectivity index (χ1n) is 9.22. The smallest absolute Gasteiger partial charge is 0.260 e. The molecule has 0 fully saturated rings. The molecule has 166 valence electrons. The largest absolute Gasteiger partial charge is 0.336 e. The topological polar surface area (TPSA) is 91.4 Å². The fraction of sp³-hybridized carbons (Fsp3) is 0.143. The lowest BCUT2D eigenvalue weighted by molar-refractivity contribution is -0.132. The maximum atomic E-state index is 13.7. The second kappa shape index (κ2) is 10.5. The van der Waals surface area contributed by atoms with Gasteiger partial charge in [0.2, 0.25) is 11.8 Å². The number of nitrogens with zero attached hydrogens (tertiary/aromatic N) is 2. The highest BCUT2D eigenvalue weighted by molar-refractivity contribution is 7.14. The predicted molar refractivity (Wildman–Crippen MR) is 123 cm³/mol. The number of carbonyl (C=O) groups excluding carboxylic acids is 3. The Morgan fingerprint density at radius 3 is 2.56 bits per heavy atom. The van der Waals surface area contributed by atoms with Gasteiger partial charge in [-0.1, -0.05) is 35.3 Å². The van der Waals surface area contributed by atoms with Gasteiger partial charge in [0.1, 0.15) is 5.82 Å². The van der Waals surface area contributed by atoms with E-state index in [1.165, 1.54) is 36.2 Å². The van der Waals surface area contributed by atoms with E-state index in [1.807, 2.05) is 0 Å². The first-order chi connectivity index (χ1) is 15.2. The molecule has 2 aromatic carbocycles. The number of rotatable bonds is 7. The van der Waals surface area contributed by atoms with E-state index in [0.29, 0.717) is 21.4 Å². The Balaban J connectivity index is 1.52. The van der Waals surface area contributed by atoms with E-state index in [2.05, 4.69) is 15.6 Å². The van der Waals surface area contributed by atoms with Crippen LogP contribution in [0, 0.1) is 5.82 Å². The molecule has 0 aliphatic carbocycles. The summed E-state index contributed by atoms with van der Waals surface area (Å²) in [4.78, 5) is 42.2. The Hall–Kier alpha value is -3.01. The highest BCUT2D eigenvalue weighted by Crippen LogP contribution is 2.25. The van der Waals surface area contributed by atoms with Crippen molar-refractivity contribution in [3.05, 3.63) is 75.0 Å². The molecule has 1 heterocycles. The SMILES string of the molecule is CN(CC(=O)Nc1ccc(Cl)c(Cl)c1)C(=O)Cc1csc(NC(=O)c2ccccc2F)n1. The predicted octanol–water partition coefficient (Wildman–Crippen LogP) is 4.48. The minimum atomic E-state index is -0.641. The number of nitrogens with one attached hydrogen (secondary N) is 2. The Kier molecular flexibility index (Phi) is 7.79. The van der Waals surface area contributed by atoms with E-state index in [9.17, 15) is 18.8 Å². The van der Waals surface area contributed by atoms with Crippen molar-refractivity contribution in [3.63, 3.8) is 0 Å². The van der Waals surface area contributed by atoms with Crippen LogP contribution in [0.1, 0.15) is 16.1 Å². The zero-order valence-corrected chi connectivity index (χ0v) is 19.0. The van der Waals surface area contributed by atoms with Crippen LogP contribution in [0.2, 0.25) is 10.0 Å². The van der Waals surface area contributed by atoms with Crippen LogP contribution in [0.25, 0.3) is 0 Å². The van der Waals surface area contributed by atoms with Crippen LogP contribution in [0.4, 0.5) is 15.2 Å². The number of hydrogen-bond acceptors (Lipinski definition) is 5. The first-order valence-corrected chi connectivity index (χ1v) is 10.9. The van der Waals surface area contributed by atoms with Gasteiger partial charge in [0.05, 0.1) is 34.3 Å². The minimum absolute atomic E-state index is 0.0668. The Morgan fingerprint density at radius 1 is 1.09 bits per heavy atom. The fourth-order valence-electron chi connectivity index (χ4n) is 2.62. The third-order valence-electron chi connectivity index (χ3n) is 4.23. The van der Waals surface area contributed by atoms with Crippen LogP contribution < -0.4 is 10.6 Å². The zero-order valence-electron chi connectivity index (χ0n) is 16.7. The van der Waals surface area contributed by atoms with Crippen molar-refractivity contribution in [1.82, 2.24) is 9.88 Å². The van der Waals surface area contributed by atoms with Gasteiger partial charge in [-0.25, -0.2) is 9.37 Å². The maximum absolute atomic E-state index is 13.7. The van der Waals surface area contributed by atoms with E-state index >= 15 is 0 Å². The molecule has 0 aliphatic rings. The lowest BCUT2D eigenvalue weighted by Crippen LogP contribution is -2.35. The van der Waals surface area contributed by atoms with Gasteiger partial charge in [0.25, 0.3) is 5.91 Å². The van der Waals surface area contributed by atoms with Crippen LogP contribution >= 0.6 is 34.5 Å². The van der Waals surface area contributed by atoms with Gasteiger partial charge in [-0.3, -0.25) is 19.7 Å². The molecule has 7 nitrogen and oxygen atoms in total. The molecule has 0 bridgehead atoms. The van der Waals surface area contributed by atoms with Crippen molar-refractivity contribution < 1.29 is 18.8 Å². The van der Waals surface area contributed by atoms with Crippen LogP contribution in [0.3, 0.4) is 0 Å². The Labute approximate surface area is 197 Å². The molecule has 0 saturated carbocycles. The molecule has 3 rings (SSSR count). The van der Waals surface area contributed by atoms with E-state index in [0.717, 1.165) is 11.3 Å². The van der Waals surface area contributed by atoms with Crippen molar-refractivity contribution in [3.8, 4) is 0 Å². The molecule has 0 aliphatic heterocycles. The standard InChI is InChI=1S/C21H17Cl2FN4O3S/c1-28(10-18(29)25-12-6-7-15(22)16(23)8-12)19(30)9-13-11-32-21(26-13)27-20(31)14-4-2-3-5-17(14)24/h2-8,11H,9-10H2,1H3,(H,25,29)(H,26,27,31). The molecule has 3 aromatic rings. The second-order valence-electron chi connectivity index (χ2n) is 6.68. The molecule has 1 aromatic heterocycles. The van der Waals surface area contributed by atoms with Crippen LogP contribution in [0.5, 0.6) is 0 Å². The second-order valence-corrected chi connectivity index (χ2v) is 8.35. The number of aromatic nitrogens is 1. The summed E-state index contributed by atoms with van der Waals surface area (Å²) in [5.41, 5.74) is 0.772. The molecule has 0 saturated heterocycles. The zero-order chi connectivity index (χ0) is 23.3.